The lowest BCUT2D eigenvalue weighted by molar-refractivity contribution is -0.113. The summed E-state index contributed by atoms with van der Waals surface area (Å²) in [7, 11) is 3.18. The van der Waals surface area contributed by atoms with Crippen LogP contribution < -0.4 is 29.7 Å². The van der Waals surface area contributed by atoms with E-state index in [4.69, 9.17) is 14.5 Å². The van der Waals surface area contributed by atoms with E-state index in [2.05, 4.69) is 5.32 Å². The number of allylic oxidation sites excluding steroid dienone is 1. The van der Waals surface area contributed by atoms with Gasteiger partial charge in [-0.1, -0.05) is 59.9 Å². The van der Waals surface area contributed by atoms with Crippen LogP contribution in [0, 0.1) is 0 Å². The van der Waals surface area contributed by atoms with Crippen molar-refractivity contribution in [3.8, 4) is 11.5 Å². The number of benzene rings is 3. The van der Waals surface area contributed by atoms with Crippen LogP contribution in [0.2, 0.25) is 0 Å². The SMILES string of the molecule is COc1cccc(C2C(C(=O)Nc3ccccc3)=C(C)N=c3s/c(=C\c4ccccc4OC)c(=O)n32)c1. The van der Waals surface area contributed by atoms with Crippen LogP contribution in [-0.4, -0.2) is 24.7 Å². The molecule has 1 unspecified atom stereocenters. The summed E-state index contributed by atoms with van der Waals surface area (Å²) in [4.78, 5) is 32.7. The molecule has 186 valence electrons. The van der Waals surface area contributed by atoms with Gasteiger partial charge in [0.15, 0.2) is 4.80 Å². The zero-order valence-corrected chi connectivity index (χ0v) is 21.4. The number of thiazole rings is 1. The minimum atomic E-state index is -0.685. The van der Waals surface area contributed by atoms with E-state index in [1.807, 2.05) is 78.9 Å². The minimum absolute atomic E-state index is 0.236. The van der Waals surface area contributed by atoms with E-state index in [1.54, 1.807) is 31.8 Å². The van der Waals surface area contributed by atoms with Crippen molar-refractivity contribution in [2.45, 2.75) is 13.0 Å². The fraction of sp³-hybridized carbons (Fsp3) is 0.138. The van der Waals surface area contributed by atoms with Crippen LogP contribution in [0.15, 0.2) is 99.9 Å². The second kappa shape index (κ2) is 10.3. The lowest BCUT2D eigenvalue weighted by Crippen LogP contribution is -2.40. The third-order valence-electron chi connectivity index (χ3n) is 6.13. The van der Waals surface area contributed by atoms with E-state index in [0.29, 0.717) is 37.8 Å². The molecule has 1 aromatic heterocycles. The molecule has 2 heterocycles. The van der Waals surface area contributed by atoms with Gasteiger partial charge in [-0.05, 0) is 48.9 Å². The largest absolute Gasteiger partial charge is 0.497 e. The predicted molar refractivity (Wildman–Crippen MR) is 145 cm³/mol. The highest BCUT2D eigenvalue weighted by atomic mass is 32.1. The maximum absolute atomic E-state index is 13.8. The first-order valence-corrected chi connectivity index (χ1v) is 12.5. The van der Waals surface area contributed by atoms with Gasteiger partial charge in [0.05, 0.1) is 36.1 Å². The summed E-state index contributed by atoms with van der Waals surface area (Å²) in [6.07, 6.45) is 1.80. The van der Waals surface area contributed by atoms with Crippen molar-refractivity contribution in [2.75, 3.05) is 19.5 Å². The second-order valence-corrected chi connectivity index (χ2v) is 9.43. The Morgan fingerprint density at radius 1 is 1.00 bits per heavy atom. The lowest BCUT2D eigenvalue weighted by atomic mass is 9.95. The maximum Gasteiger partial charge on any atom is 0.271 e. The second-order valence-electron chi connectivity index (χ2n) is 8.42. The molecule has 0 aliphatic carbocycles. The van der Waals surface area contributed by atoms with Gasteiger partial charge < -0.3 is 14.8 Å². The molecular weight excluding hydrogens is 486 g/mol. The normalized spacial score (nSPS) is 15.1. The van der Waals surface area contributed by atoms with Crippen molar-refractivity contribution in [3.63, 3.8) is 0 Å². The molecule has 1 N–H and O–H groups in total. The molecule has 1 amide bonds. The number of ether oxygens (including phenoxy) is 2. The molecule has 1 atom stereocenters. The summed E-state index contributed by atoms with van der Waals surface area (Å²) in [5, 5.41) is 2.96. The molecule has 3 aromatic carbocycles. The number of anilines is 1. The van der Waals surface area contributed by atoms with Gasteiger partial charge >= 0.3 is 0 Å². The first kappa shape index (κ1) is 24.3. The van der Waals surface area contributed by atoms with Crippen LogP contribution in [0.1, 0.15) is 24.1 Å². The van der Waals surface area contributed by atoms with Crippen molar-refractivity contribution in [2.24, 2.45) is 4.99 Å². The Morgan fingerprint density at radius 2 is 1.76 bits per heavy atom. The summed E-state index contributed by atoms with van der Waals surface area (Å²) >= 11 is 1.28. The van der Waals surface area contributed by atoms with Crippen molar-refractivity contribution < 1.29 is 14.3 Å². The van der Waals surface area contributed by atoms with Crippen molar-refractivity contribution in [1.82, 2.24) is 4.57 Å². The molecule has 0 spiro atoms. The number of amides is 1. The molecule has 0 bridgehead atoms. The highest BCUT2D eigenvalue weighted by molar-refractivity contribution is 7.07. The average molecular weight is 512 g/mol. The number of rotatable bonds is 6. The minimum Gasteiger partial charge on any atom is -0.497 e. The number of nitrogens with one attached hydrogen (secondary N) is 1. The Kier molecular flexibility index (Phi) is 6.74. The van der Waals surface area contributed by atoms with Crippen LogP contribution >= 0.6 is 11.3 Å². The predicted octanol–water partition coefficient (Wildman–Crippen LogP) is 3.89. The van der Waals surface area contributed by atoms with E-state index in [-0.39, 0.29) is 11.5 Å². The van der Waals surface area contributed by atoms with Gasteiger partial charge in [0.1, 0.15) is 11.5 Å². The Hall–Kier alpha value is -4.43. The van der Waals surface area contributed by atoms with E-state index < -0.39 is 6.04 Å². The number of hydrogen-bond acceptors (Lipinski definition) is 6. The van der Waals surface area contributed by atoms with E-state index in [9.17, 15) is 9.59 Å². The molecule has 7 nitrogen and oxygen atoms in total. The Labute approximate surface area is 217 Å². The summed E-state index contributed by atoms with van der Waals surface area (Å²) in [5.41, 5.74) is 2.90. The molecule has 1 aliphatic heterocycles. The van der Waals surface area contributed by atoms with Crippen LogP contribution in [0.5, 0.6) is 11.5 Å². The number of methoxy groups -OCH3 is 2. The summed E-state index contributed by atoms with van der Waals surface area (Å²) in [6.45, 7) is 1.80. The summed E-state index contributed by atoms with van der Waals surface area (Å²) in [5.74, 6) is 0.974. The lowest BCUT2D eigenvalue weighted by Gasteiger charge is -2.25. The first-order chi connectivity index (χ1) is 18.0. The number of nitrogens with zero attached hydrogens (tertiary/aromatic N) is 2. The average Bonchev–Trinajstić information content (AvgIpc) is 3.22. The Bertz CT molecular complexity index is 1690. The van der Waals surface area contributed by atoms with Gasteiger partial charge in [-0.25, -0.2) is 4.99 Å². The van der Waals surface area contributed by atoms with Gasteiger partial charge in [0, 0.05) is 11.3 Å². The monoisotopic (exact) mass is 511 g/mol. The van der Waals surface area contributed by atoms with Gasteiger partial charge in [0.2, 0.25) is 0 Å². The molecule has 8 heteroatoms. The van der Waals surface area contributed by atoms with Crippen molar-refractivity contribution in [3.05, 3.63) is 121 Å². The summed E-state index contributed by atoms with van der Waals surface area (Å²) in [6, 6.07) is 23.4. The molecule has 37 heavy (non-hydrogen) atoms. The number of carbonyl (C=O) groups is 1. The molecular formula is C29H25N3O4S. The number of carbonyl (C=O) groups excluding carboxylic acids is 1. The third kappa shape index (κ3) is 4.71. The quantitative estimate of drug-likeness (QED) is 0.426. The van der Waals surface area contributed by atoms with Crippen LogP contribution in [-0.2, 0) is 4.79 Å². The van der Waals surface area contributed by atoms with Gasteiger partial charge in [-0.2, -0.15) is 0 Å². The van der Waals surface area contributed by atoms with E-state index >= 15 is 0 Å². The fourth-order valence-corrected chi connectivity index (χ4v) is 5.42. The Balaban J connectivity index is 1.70. The zero-order valence-electron chi connectivity index (χ0n) is 20.6. The van der Waals surface area contributed by atoms with Crippen molar-refractivity contribution >= 4 is 29.0 Å². The number of fused-ring (bicyclic) bond motifs is 1. The highest BCUT2D eigenvalue weighted by Crippen LogP contribution is 2.32. The molecule has 4 aromatic rings. The molecule has 0 radical (unpaired) electrons. The number of hydrogen-bond donors (Lipinski definition) is 1. The number of para-hydroxylation sites is 2. The van der Waals surface area contributed by atoms with Gasteiger partial charge in [-0.15, -0.1) is 0 Å². The highest BCUT2D eigenvalue weighted by Gasteiger charge is 2.32. The van der Waals surface area contributed by atoms with Gasteiger partial charge in [-0.3, -0.25) is 14.2 Å². The Morgan fingerprint density at radius 3 is 2.51 bits per heavy atom. The zero-order chi connectivity index (χ0) is 25.9. The van der Waals surface area contributed by atoms with Crippen LogP contribution in [0.4, 0.5) is 5.69 Å². The summed E-state index contributed by atoms with van der Waals surface area (Å²) < 4.78 is 13.0. The molecule has 5 rings (SSSR count). The maximum atomic E-state index is 13.8. The molecule has 1 aliphatic rings. The van der Waals surface area contributed by atoms with E-state index in [0.717, 1.165) is 11.1 Å². The number of aromatic nitrogens is 1. The van der Waals surface area contributed by atoms with E-state index in [1.165, 1.54) is 11.3 Å². The fourth-order valence-electron chi connectivity index (χ4n) is 4.39. The topological polar surface area (TPSA) is 81.9 Å². The van der Waals surface area contributed by atoms with Crippen LogP contribution in [0.25, 0.3) is 6.08 Å². The van der Waals surface area contributed by atoms with Gasteiger partial charge in [0.25, 0.3) is 11.5 Å². The first-order valence-electron chi connectivity index (χ1n) is 11.7. The van der Waals surface area contributed by atoms with Crippen molar-refractivity contribution in [1.29, 1.82) is 0 Å². The standard InChI is InChI=1S/C29H25N3O4S/c1-18-25(27(33)31-21-12-5-4-6-13-21)26(20-11-9-14-22(16-20)35-2)32-28(34)24(37-29(32)30-18)17-19-10-7-8-15-23(19)36-3/h4-17,26H,1-3H3,(H,31,33)/b24-17-. The third-order valence-corrected chi connectivity index (χ3v) is 7.12. The molecule has 0 saturated carbocycles. The molecule has 0 fully saturated rings. The van der Waals surface area contributed by atoms with Crippen LogP contribution in [0.3, 0.4) is 0 Å². The molecule has 0 saturated heterocycles. The smallest absolute Gasteiger partial charge is 0.271 e.